The largest absolute Gasteiger partial charge is 0.416 e. The van der Waals surface area contributed by atoms with Crippen LogP contribution in [0.2, 0.25) is 0 Å². The molecule has 1 N–H and O–H groups in total. The van der Waals surface area contributed by atoms with Gasteiger partial charge in [0.05, 0.1) is 17.5 Å². The Morgan fingerprint density at radius 3 is 2.31 bits per heavy atom. The van der Waals surface area contributed by atoms with Crippen LogP contribution in [0.4, 0.5) is 18.9 Å². The first-order valence-electron chi connectivity index (χ1n) is 11.0. The molecule has 2 aromatic carbocycles. The number of nitrogens with zero attached hydrogens (tertiary/aromatic N) is 2. The number of carbonyl (C=O) groups is 2. The lowest BCUT2D eigenvalue weighted by Gasteiger charge is -2.29. The van der Waals surface area contributed by atoms with Crippen LogP contribution in [-0.2, 0) is 32.3 Å². The van der Waals surface area contributed by atoms with Gasteiger partial charge in [-0.3, -0.25) is 13.9 Å². The maximum Gasteiger partial charge on any atom is 0.416 e. The van der Waals surface area contributed by atoms with Crippen LogP contribution in [0, 0.1) is 6.92 Å². The summed E-state index contributed by atoms with van der Waals surface area (Å²) in [6, 6.07) is 10.7. The SMILES string of the molecule is CNC(=O)[C@@H](C)N(Cc1ccccc1C)C(=O)CCCN(c1cccc(C(F)(F)F)c1)S(C)(=O)=O. The van der Waals surface area contributed by atoms with Crippen LogP contribution in [-0.4, -0.2) is 51.0 Å². The lowest BCUT2D eigenvalue weighted by Crippen LogP contribution is -2.47. The molecule has 0 saturated heterocycles. The van der Waals surface area contributed by atoms with Gasteiger partial charge in [0.1, 0.15) is 6.04 Å². The number of aryl methyl sites for hydroxylation is 1. The molecule has 0 radical (unpaired) electrons. The minimum absolute atomic E-state index is 0.0485. The van der Waals surface area contributed by atoms with Gasteiger partial charge in [-0.15, -0.1) is 0 Å². The maximum absolute atomic E-state index is 13.1. The van der Waals surface area contributed by atoms with Crippen LogP contribution in [0.25, 0.3) is 0 Å². The van der Waals surface area contributed by atoms with Crippen molar-refractivity contribution in [1.82, 2.24) is 10.2 Å². The third-order valence-corrected chi connectivity index (χ3v) is 6.82. The number of anilines is 1. The molecule has 2 aromatic rings. The van der Waals surface area contributed by atoms with Crippen molar-refractivity contribution >= 4 is 27.5 Å². The minimum atomic E-state index is -4.62. The quantitative estimate of drug-likeness (QED) is 0.525. The number of hydrogen-bond donors (Lipinski definition) is 1. The average molecular weight is 514 g/mol. The van der Waals surface area contributed by atoms with Crippen LogP contribution in [0.3, 0.4) is 0 Å². The fraction of sp³-hybridized carbons (Fsp3) is 0.417. The highest BCUT2D eigenvalue weighted by Gasteiger charge is 2.32. The van der Waals surface area contributed by atoms with E-state index in [1.54, 1.807) is 6.92 Å². The molecule has 2 amide bonds. The Kier molecular flexibility index (Phi) is 9.31. The molecule has 0 saturated carbocycles. The smallest absolute Gasteiger partial charge is 0.357 e. The van der Waals surface area contributed by atoms with Crippen molar-refractivity contribution < 1.29 is 31.2 Å². The van der Waals surface area contributed by atoms with Crippen molar-refractivity contribution in [2.45, 2.75) is 45.5 Å². The van der Waals surface area contributed by atoms with Crippen molar-refractivity contribution in [3.05, 3.63) is 65.2 Å². The Bertz CT molecular complexity index is 1150. The Morgan fingerprint density at radius 2 is 1.74 bits per heavy atom. The fourth-order valence-electron chi connectivity index (χ4n) is 3.60. The lowest BCUT2D eigenvalue weighted by molar-refractivity contribution is -0.140. The Morgan fingerprint density at radius 1 is 1.09 bits per heavy atom. The first kappa shape index (κ1) is 28.2. The highest BCUT2D eigenvalue weighted by atomic mass is 32.2. The number of halogens is 3. The number of alkyl halides is 3. The summed E-state index contributed by atoms with van der Waals surface area (Å²) in [6.45, 7) is 3.48. The van der Waals surface area contributed by atoms with Crippen LogP contribution in [0.15, 0.2) is 48.5 Å². The predicted molar refractivity (Wildman–Crippen MR) is 128 cm³/mol. The molecular weight excluding hydrogens is 483 g/mol. The average Bonchev–Trinajstić information content (AvgIpc) is 2.78. The normalized spacial score (nSPS) is 12.7. The molecule has 0 aliphatic rings. The number of carbonyl (C=O) groups excluding carboxylic acids is 2. The first-order chi connectivity index (χ1) is 16.3. The van der Waals surface area contributed by atoms with Gasteiger partial charge in [0, 0.05) is 26.6 Å². The van der Waals surface area contributed by atoms with E-state index in [-0.39, 0.29) is 43.4 Å². The number of amides is 2. The molecule has 0 spiro atoms. The molecule has 0 aliphatic carbocycles. The molecule has 11 heteroatoms. The summed E-state index contributed by atoms with van der Waals surface area (Å²) >= 11 is 0. The van der Waals surface area contributed by atoms with Crippen molar-refractivity contribution in [2.24, 2.45) is 0 Å². The molecule has 2 rings (SSSR count). The summed E-state index contributed by atoms with van der Waals surface area (Å²) in [7, 11) is -2.44. The van der Waals surface area contributed by atoms with E-state index in [4.69, 9.17) is 0 Å². The summed E-state index contributed by atoms with van der Waals surface area (Å²) < 4.78 is 64.8. The number of likely N-dealkylation sites (N-methyl/N-ethyl adjacent to an activating group) is 1. The first-order valence-corrected chi connectivity index (χ1v) is 12.8. The van der Waals surface area contributed by atoms with Gasteiger partial charge in [0.25, 0.3) is 0 Å². The van der Waals surface area contributed by atoms with E-state index in [0.717, 1.165) is 39.9 Å². The zero-order valence-corrected chi connectivity index (χ0v) is 20.9. The molecule has 7 nitrogen and oxygen atoms in total. The zero-order valence-electron chi connectivity index (χ0n) is 20.1. The number of benzene rings is 2. The molecule has 192 valence electrons. The highest BCUT2D eigenvalue weighted by Crippen LogP contribution is 2.32. The van der Waals surface area contributed by atoms with E-state index in [0.29, 0.717) is 0 Å². The summed E-state index contributed by atoms with van der Waals surface area (Å²) in [5, 5.41) is 2.52. The van der Waals surface area contributed by atoms with E-state index >= 15 is 0 Å². The van der Waals surface area contributed by atoms with Crippen molar-refractivity contribution in [3.63, 3.8) is 0 Å². The number of hydrogen-bond acceptors (Lipinski definition) is 4. The second-order valence-electron chi connectivity index (χ2n) is 8.23. The standard InChI is InChI=1S/C24H30F3N3O4S/c1-17-9-5-6-10-19(17)16-29(18(2)23(32)28-3)22(31)13-8-14-30(35(4,33)34)21-12-7-11-20(15-21)24(25,26)27/h5-7,9-12,15,18H,8,13-14,16H2,1-4H3,(H,28,32)/t18-/m1/s1. The summed E-state index contributed by atoms with van der Waals surface area (Å²) in [5.74, 6) is -0.726. The van der Waals surface area contributed by atoms with Gasteiger partial charge >= 0.3 is 6.18 Å². The molecule has 1 atom stereocenters. The van der Waals surface area contributed by atoms with Crippen molar-refractivity contribution in [1.29, 1.82) is 0 Å². The van der Waals surface area contributed by atoms with Crippen LogP contribution in [0.1, 0.15) is 36.5 Å². The molecule has 0 heterocycles. The summed E-state index contributed by atoms with van der Waals surface area (Å²) in [6.07, 6.45) is -3.78. The van der Waals surface area contributed by atoms with Gasteiger partial charge in [-0.05, 0) is 49.6 Å². The summed E-state index contributed by atoms with van der Waals surface area (Å²) in [4.78, 5) is 26.8. The molecule has 35 heavy (non-hydrogen) atoms. The van der Waals surface area contributed by atoms with E-state index in [1.165, 1.54) is 18.0 Å². The van der Waals surface area contributed by atoms with E-state index in [9.17, 15) is 31.2 Å². The van der Waals surface area contributed by atoms with Gasteiger partial charge in [-0.2, -0.15) is 13.2 Å². The number of nitrogens with one attached hydrogen (secondary N) is 1. The van der Waals surface area contributed by atoms with E-state index < -0.39 is 27.8 Å². The summed E-state index contributed by atoms with van der Waals surface area (Å²) in [5.41, 5.74) is 0.703. The van der Waals surface area contributed by atoms with Crippen LogP contribution < -0.4 is 9.62 Å². The van der Waals surface area contributed by atoms with Crippen molar-refractivity contribution in [2.75, 3.05) is 24.2 Å². The number of sulfonamides is 1. The third-order valence-electron chi connectivity index (χ3n) is 5.63. The fourth-order valence-corrected chi connectivity index (χ4v) is 4.56. The molecular formula is C24H30F3N3O4S. The molecule has 0 bridgehead atoms. The zero-order chi connectivity index (χ0) is 26.4. The second kappa shape index (κ2) is 11.6. The van der Waals surface area contributed by atoms with E-state index in [2.05, 4.69) is 5.32 Å². The number of rotatable bonds is 10. The predicted octanol–water partition coefficient (Wildman–Crippen LogP) is 3.72. The van der Waals surface area contributed by atoms with Gasteiger partial charge in [-0.1, -0.05) is 30.3 Å². The maximum atomic E-state index is 13.1. The Hall–Kier alpha value is -3.08. The van der Waals surface area contributed by atoms with Gasteiger partial charge < -0.3 is 10.2 Å². The Labute approximate surface area is 204 Å². The monoisotopic (exact) mass is 513 g/mol. The minimum Gasteiger partial charge on any atom is -0.357 e. The second-order valence-corrected chi connectivity index (χ2v) is 10.1. The van der Waals surface area contributed by atoms with Crippen LogP contribution in [0.5, 0.6) is 0 Å². The van der Waals surface area contributed by atoms with Gasteiger partial charge in [-0.25, -0.2) is 8.42 Å². The molecule has 0 aromatic heterocycles. The van der Waals surface area contributed by atoms with Crippen LogP contribution >= 0.6 is 0 Å². The van der Waals surface area contributed by atoms with Crippen molar-refractivity contribution in [3.8, 4) is 0 Å². The lowest BCUT2D eigenvalue weighted by atomic mass is 10.1. The highest BCUT2D eigenvalue weighted by molar-refractivity contribution is 7.92. The van der Waals surface area contributed by atoms with E-state index in [1.807, 2.05) is 31.2 Å². The van der Waals surface area contributed by atoms with Gasteiger partial charge in [0.15, 0.2) is 0 Å². The molecule has 0 fully saturated rings. The molecule has 0 unspecified atom stereocenters. The third kappa shape index (κ3) is 7.71. The van der Waals surface area contributed by atoms with Gasteiger partial charge in [0.2, 0.25) is 21.8 Å². The topological polar surface area (TPSA) is 86.8 Å². The molecule has 0 aliphatic heterocycles. The Balaban J connectivity index is 2.21.